The molecule has 2 aliphatic rings. The number of nitrogens with one attached hydrogen (secondary N) is 1. The molecule has 0 spiro atoms. The Morgan fingerprint density at radius 2 is 2.24 bits per heavy atom. The van der Waals surface area contributed by atoms with E-state index in [1.807, 2.05) is 23.6 Å². The van der Waals surface area contributed by atoms with Gasteiger partial charge in [0.05, 0.1) is 0 Å². The van der Waals surface area contributed by atoms with E-state index in [-0.39, 0.29) is 5.91 Å². The van der Waals surface area contributed by atoms with Crippen molar-refractivity contribution in [2.75, 3.05) is 0 Å². The smallest absolute Gasteiger partial charge is 0.275 e. The molecule has 1 N–H and O–H groups in total. The summed E-state index contributed by atoms with van der Waals surface area (Å²) in [5.41, 5.74) is 0.550. The summed E-state index contributed by atoms with van der Waals surface area (Å²) in [6.07, 6.45) is 6.69. The normalized spacial score (nSPS) is 23.2. The van der Waals surface area contributed by atoms with Crippen LogP contribution in [0.25, 0.3) is 6.08 Å². The maximum atomic E-state index is 11.8. The maximum Gasteiger partial charge on any atom is 0.275 e. The number of amides is 1. The first-order chi connectivity index (χ1) is 8.33. The molecule has 1 aliphatic carbocycles. The van der Waals surface area contributed by atoms with Crippen molar-refractivity contribution in [2.45, 2.75) is 25.7 Å². The summed E-state index contributed by atoms with van der Waals surface area (Å²) in [5.74, 6) is 1.30. The van der Waals surface area contributed by atoms with Gasteiger partial charge in [0, 0.05) is 10.8 Å². The molecule has 1 aliphatic heterocycles. The van der Waals surface area contributed by atoms with Gasteiger partial charge in [-0.2, -0.15) is 0 Å². The summed E-state index contributed by atoms with van der Waals surface area (Å²) in [4.78, 5) is 17.3. The van der Waals surface area contributed by atoms with Crippen molar-refractivity contribution < 1.29 is 4.79 Å². The van der Waals surface area contributed by atoms with Crippen molar-refractivity contribution in [3.63, 3.8) is 0 Å². The third kappa shape index (κ3) is 2.17. The molecule has 0 aromatic carbocycles. The summed E-state index contributed by atoms with van der Waals surface area (Å²) >= 11 is 1.62. The van der Waals surface area contributed by atoms with Crippen molar-refractivity contribution in [1.29, 1.82) is 0 Å². The van der Waals surface area contributed by atoms with Crippen LogP contribution in [0.3, 0.4) is 0 Å². The van der Waals surface area contributed by atoms with Crippen LogP contribution in [0.4, 0.5) is 0 Å². The lowest BCUT2D eigenvalue weighted by atomic mass is 10.1. The molecule has 1 aromatic rings. The van der Waals surface area contributed by atoms with Gasteiger partial charge in [0.2, 0.25) is 0 Å². The van der Waals surface area contributed by atoms with Gasteiger partial charge >= 0.3 is 0 Å². The molecule has 3 rings (SSSR count). The van der Waals surface area contributed by atoms with Crippen molar-refractivity contribution >= 4 is 29.2 Å². The maximum absolute atomic E-state index is 11.8. The Balaban J connectivity index is 1.83. The van der Waals surface area contributed by atoms with Crippen LogP contribution >= 0.6 is 11.3 Å². The zero-order valence-electron chi connectivity index (χ0n) is 9.48. The molecule has 0 saturated heterocycles. The van der Waals surface area contributed by atoms with Gasteiger partial charge in [0.15, 0.2) is 0 Å². The zero-order chi connectivity index (χ0) is 11.7. The van der Waals surface area contributed by atoms with Crippen molar-refractivity contribution in [3.05, 3.63) is 28.1 Å². The lowest BCUT2D eigenvalue weighted by molar-refractivity contribution is -0.115. The summed E-state index contributed by atoms with van der Waals surface area (Å²) in [7, 11) is 0. The highest BCUT2D eigenvalue weighted by molar-refractivity contribution is 7.10. The van der Waals surface area contributed by atoms with Crippen LogP contribution in [-0.4, -0.2) is 11.7 Å². The minimum atomic E-state index is -0.0553. The molecule has 88 valence electrons. The SMILES string of the molecule is O=C1NC(C2CCCC2)=N/C1=C/c1cccs1. The van der Waals surface area contributed by atoms with E-state index in [0.29, 0.717) is 11.6 Å². The molecule has 0 unspecified atom stereocenters. The van der Waals surface area contributed by atoms with Gasteiger partial charge in [-0.15, -0.1) is 11.3 Å². The number of carbonyl (C=O) groups excluding carboxylic acids is 1. The van der Waals surface area contributed by atoms with Crippen LogP contribution in [0.2, 0.25) is 0 Å². The van der Waals surface area contributed by atoms with Gasteiger partial charge < -0.3 is 5.32 Å². The van der Waals surface area contributed by atoms with E-state index < -0.39 is 0 Å². The number of aliphatic imine (C=N–C) groups is 1. The standard InChI is InChI=1S/C13H14N2OS/c16-13-11(8-10-6-3-7-17-10)14-12(15-13)9-4-1-2-5-9/h3,6-9H,1-2,4-5H2,(H,14,15,16)/b11-8+. The van der Waals surface area contributed by atoms with Crippen molar-refractivity contribution in [3.8, 4) is 0 Å². The highest BCUT2D eigenvalue weighted by Crippen LogP contribution is 2.28. The van der Waals surface area contributed by atoms with Gasteiger partial charge in [0.25, 0.3) is 5.91 Å². The lowest BCUT2D eigenvalue weighted by Gasteiger charge is -2.06. The fraction of sp³-hybridized carbons (Fsp3) is 0.385. The number of carbonyl (C=O) groups is 1. The minimum Gasteiger partial charge on any atom is -0.308 e. The van der Waals surface area contributed by atoms with Crippen LogP contribution in [0.15, 0.2) is 28.2 Å². The first kappa shape index (κ1) is 10.7. The molecule has 2 heterocycles. The number of thiophene rings is 1. The predicted octanol–water partition coefficient (Wildman–Crippen LogP) is 2.81. The highest BCUT2D eigenvalue weighted by atomic mass is 32.1. The quantitative estimate of drug-likeness (QED) is 0.801. The summed E-state index contributed by atoms with van der Waals surface area (Å²) in [6, 6.07) is 3.97. The van der Waals surface area contributed by atoms with Gasteiger partial charge in [0.1, 0.15) is 11.5 Å². The Kier molecular flexibility index (Phi) is 2.81. The van der Waals surface area contributed by atoms with Gasteiger partial charge in [-0.1, -0.05) is 18.9 Å². The molecular weight excluding hydrogens is 232 g/mol. The van der Waals surface area contributed by atoms with Crippen LogP contribution in [-0.2, 0) is 4.79 Å². The van der Waals surface area contributed by atoms with E-state index >= 15 is 0 Å². The van der Waals surface area contributed by atoms with E-state index in [4.69, 9.17) is 0 Å². The first-order valence-corrected chi connectivity index (χ1v) is 6.86. The monoisotopic (exact) mass is 246 g/mol. The van der Waals surface area contributed by atoms with Crippen LogP contribution < -0.4 is 5.32 Å². The van der Waals surface area contributed by atoms with E-state index in [1.165, 1.54) is 12.8 Å². The summed E-state index contributed by atoms with van der Waals surface area (Å²) < 4.78 is 0. The van der Waals surface area contributed by atoms with Crippen LogP contribution in [0.5, 0.6) is 0 Å². The first-order valence-electron chi connectivity index (χ1n) is 5.98. The second-order valence-corrected chi connectivity index (χ2v) is 5.46. The van der Waals surface area contributed by atoms with Gasteiger partial charge in [-0.05, 0) is 30.4 Å². The second-order valence-electron chi connectivity index (χ2n) is 4.48. The molecule has 0 radical (unpaired) electrons. The number of amidine groups is 1. The predicted molar refractivity (Wildman–Crippen MR) is 69.8 cm³/mol. The minimum absolute atomic E-state index is 0.0553. The Bertz CT molecular complexity index is 482. The molecule has 1 amide bonds. The van der Waals surface area contributed by atoms with E-state index in [2.05, 4.69) is 10.3 Å². The molecule has 3 nitrogen and oxygen atoms in total. The fourth-order valence-electron chi connectivity index (χ4n) is 2.39. The highest BCUT2D eigenvalue weighted by Gasteiger charge is 2.28. The molecule has 17 heavy (non-hydrogen) atoms. The zero-order valence-corrected chi connectivity index (χ0v) is 10.3. The van der Waals surface area contributed by atoms with Crippen molar-refractivity contribution in [2.24, 2.45) is 10.9 Å². The molecule has 0 bridgehead atoms. The van der Waals surface area contributed by atoms with E-state index in [0.717, 1.165) is 23.6 Å². The van der Waals surface area contributed by atoms with Crippen LogP contribution in [0.1, 0.15) is 30.6 Å². The van der Waals surface area contributed by atoms with Crippen LogP contribution in [0, 0.1) is 5.92 Å². The van der Waals surface area contributed by atoms with E-state index in [9.17, 15) is 4.79 Å². The second kappa shape index (κ2) is 4.45. The van der Waals surface area contributed by atoms with E-state index in [1.54, 1.807) is 11.3 Å². The van der Waals surface area contributed by atoms with Crippen molar-refractivity contribution in [1.82, 2.24) is 5.32 Å². The lowest BCUT2D eigenvalue weighted by Crippen LogP contribution is -2.29. The molecular formula is C13H14N2OS. The Morgan fingerprint density at radius 1 is 1.41 bits per heavy atom. The average Bonchev–Trinajstić information content (AvgIpc) is 3.02. The molecule has 1 fully saturated rings. The topological polar surface area (TPSA) is 41.5 Å². The summed E-state index contributed by atoms with van der Waals surface area (Å²) in [6.45, 7) is 0. The number of rotatable bonds is 2. The molecule has 0 atom stereocenters. The largest absolute Gasteiger partial charge is 0.308 e. The summed E-state index contributed by atoms with van der Waals surface area (Å²) in [5, 5.41) is 4.91. The van der Waals surface area contributed by atoms with Gasteiger partial charge in [-0.3, -0.25) is 4.79 Å². The number of hydrogen-bond acceptors (Lipinski definition) is 3. The third-order valence-corrected chi connectivity index (χ3v) is 4.10. The van der Waals surface area contributed by atoms with Gasteiger partial charge in [-0.25, -0.2) is 4.99 Å². The Hall–Kier alpha value is -1.42. The molecule has 1 aromatic heterocycles. The Morgan fingerprint density at radius 3 is 2.94 bits per heavy atom. The average molecular weight is 246 g/mol. The Labute approximate surface area is 104 Å². The molecule has 4 heteroatoms. The number of hydrogen-bond donors (Lipinski definition) is 1. The number of nitrogens with zero attached hydrogens (tertiary/aromatic N) is 1. The third-order valence-electron chi connectivity index (χ3n) is 3.28. The molecule has 1 saturated carbocycles. The fourth-order valence-corrected chi connectivity index (χ4v) is 3.04.